The first kappa shape index (κ1) is 21.1. The summed E-state index contributed by atoms with van der Waals surface area (Å²) in [4.78, 5) is 32.0. The fourth-order valence-corrected chi connectivity index (χ4v) is 5.11. The summed E-state index contributed by atoms with van der Waals surface area (Å²) in [6.45, 7) is 3.86. The first-order valence-corrected chi connectivity index (χ1v) is 10.9. The Morgan fingerprint density at radius 1 is 1.09 bits per heavy atom. The number of nitrogens with zero attached hydrogens (tertiary/aromatic N) is 3. The number of amides is 2. The topological polar surface area (TPSA) is 87.2 Å². The summed E-state index contributed by atoms with van der Waals surface area (Å²) in [7, 11) is 3.11. The number of methoxy groups -OCH3 is 2. The van der Waals surface area contributed by atoms with Gasteiger partial charge >= 0.3 is 0 Å². The van der Waals surface area contributed by atoms with Crippen molar-refractivity contribution >= 4 is 28.9 Å². The zero-order valence-electron chi connectivity index (χ0n) is 19.1. The van der Waals surface area contributed by atoms with Gasteiger partial charge in [0.05, 0.1) is 26.0 Å². The van der Waals surface area contributed by atoms with Gasteiger partial charge in [0.2, 0.25) is 5.91 Å². The van der Waals surface area contributed by atoms with Gasteiger partial charge in [0.15, 0.2) is 11.5 Å². The summed E-state index contributed by atoms with van der Waals surface area (Å²) in [6, 6.07) is 12.8. The van der Waals surface area contributed by atoms with Crippen molar-refractivity contribution in [2.24, 2.45) is 5.10 Å². The number of H-pyrrole nitrogens is 1. The van der Waals surface area contributed by atoms with Crippen LogP contribution in [0.4, 0.5) is 0 Å². The number of carbonyl (C=O) groups excluding carboxylic acids is 2. The molecule has 1 atom stereocenters. The van der Waals surface area contributed by atoms with Gasteiger partial charge < -0.3 is 19.4 Å². The van der Waals surface area contributed by atoms with Gasteiger partial charge in [0.25, 0.3) is 5.91 Å². The van der Waals surface area contributed by atoms with Gasteiger partial charge in [-0.2, -0.15) is 5.10 Å². The van der Waals surface area contributed by atoms with Crippen molar-refractivity contribution in [1.82, 2.24) is 14.9 Å². The number of aromatic nitrogens is 1. The first-order chi connectivity index (χ1) is 15.9. The van der Waals surface area contributed by atoms with Gasteiger partial charge in [-0.3, -0.25) is 9.59 Å². The van der Waals surface area contributed by atoms with Crippen LogP contribution >= 0.6 is 0 Å². The van der Waals surface area contributed by atoms with Gasteiger partial charge in [0, 0.05) is 28.6 Å². The molecule has 170 valence electrons. The summed E-state index contributed by atoms with van der Waals surface area (Å²) in [5, 5.41) is 6.73. The number of hydrazone groups is 1. The summed E-state index contributed by atoms with van der Waals surface area (Å²) in [5.41, 5.74) is 3.09. The molecule has 0 saturated carbocycles. The average molecular weight is 447 g/mol. The predicted octanol–water partition coefficient (Wildman–Crippen LogP) is 3.05. The number of hydrogen-bond acceptors (Lipinski definition) is 5. The van der Waals surface area contributed by atoms with E-state index in [9.17, 15) is 9.59 Å². The molecule has 0 spiro atoms. The van der Waals surface area contributed by atoms with Crippen LogP contribution in [0.15, 0.2) is 47.6 Å². The number of aromatic amines is 1. The van der Waals surface area contributed by atoms with Gasteiger partial charge in [-0.1, -0.05) is 24.3 Å². The second-order valence-electron chi connectivity index (χ2n) is 8.79. The molecule has 3 aromatic rings. The van der Waals surface area contributed by atoms with E-state index in [-0.39, 0.29) is 18.4 Å². The highest BCUT2D eigenvalue weighted by Gasteiger charge is 2.51. The Bertz CT molecular complexity index is 1290. The highest BCUT2D eigenvalue weighted by molar-refractivity contribution is 5.98. The Kier molecular flexibility index (Phi) is 4.88. The van der Waals surface area contributed by atoms with Crippen molar-refractivity contribution in [1.29, 1.82) is 0 Å². The Morgan fingerprint density at radius 2 is 1.88 bits per heavy atom. The molecule has 0 radical (unpaired) electrons. The monoisotopic (exact) mass is 446 g/mol. The van der Waals surface area contributed by atoms with E-state index in [4.69, 9.17) is 9.47 Å². The number of benzene rings is 2. The van der Waals surface area contributed by atoms with Crippen LogP contribution in [0.25, 0.3) is 10.9 Å². The van der Waals surface area contributed by atoms with Crippen LogP contribution in [0.2, 0.25) is 0 Å². The zero-order valence-corrected chi connectivity index (χ0v) is 19.1. The van der Waals surface area contributed by atoms with E-state index in [1.54, 1.807) is 25.2 Å². The molecule has 2 aromatic carbocycles. The molecule has 1 aromatic heterocycles. The third kappa shape index (κ3) is 3.16. The van der Waals surface area contributed by atoms with Crippen LogP contribution < -0.4 is 9.47 Å². The number of ether oxygens (including phenoxy) is 2. The SMILES string of the molecule is COc1cccc(C=NN2CC(=O)N3C(Cc4c([nH]c5ccccc45)C3(C)C)C2=O)c1OC. The van der Waals surface area contributed by atoms with E-state index in [1.165, 1.54) is 11.2 Å². The van der Waals surface area contributed by atoms with Crippen molar-refractivity contribution < 1.29 is 19.1 Å². The minimum atomic E-state index is -0.643. The average Bonchev–Trinajstić information content (AvgIpc) is 3.19. The number of rotatable bonds is 4. The van der Waals surface area contributed by atoms with Crippen LogP contribution in [0, 0.1) is 0 Å². The van der Waals surface area contributed by atoms with Gasteiger partial charge in [-0.25, -0.2) is 5.01 Å². The third-order valence-corrected chi connectivity index (χ3v) is 6.60. The molecular formula is C25H26N4O4. The van der Waals surface area contributed by atoms with E-state index in [0.717, 1.165) is 22.2 Å². The number of piperazine rings is 1. The molecule has 33 heavy (non-hydrogen) atoms. The van der Waals surface area contributed by atoms with Crippen molar-refractivity contribution in [3.8, 4) is 11.5 Å². The highest BCUT2D eigenvalue weighted by Crippen LogP contribution is 2.42. The van der Waals surface area contributed by atoms with Gasteiger partial charge in [0.1, 0.15) is 12.6 Å². The number of carbonyl (C=O) groups is 2. The normalized spacial score (nSPS) is 19.7. The van der Waals surface area contributed by atoms with Crippen molar-refractivity contribution in [2.75, 3.05) is 20.8 Å². The van der Waals surface area contributed by atoms with E-state index < -0.39 is 11.6 Å². The largest absolute Gasteiger partial charge is 0.493 e. The molecule has 1 unspecified atom stereocenters. The lowest BCUT2D eigenvalue weighted by atomic mass is 9.82. The molecule has 2 aliphatic heterocycles. The Hall–Kier alpha value is -3.81. The van der Waals surface area contributed by atoms with Crippen molar-refractivity contribution in [2.45, 2.75) is 31.8 Å². The molecule has 8 nitrogen and oxygen atoms in total. The number of hydrogen-bond donors (Lipinski definition) is 1. The molecule has 5 rings (SSSR count). The second-order valence-corrected chi connectivity index (χ2v) is 8.79. The number of nitrogens with one attached hydrogen (secondary N) is 1. The van der Waals surface area contributed by atoms with Crippen LogP contribution in [0.3, 0.4) is 0 Å². The smallest absolute Gasteiger partial charge is 0.266 e. The molecule has 2 aliphatic rings. The maximum atomic E-state index is 13.5. The van der Waals surface area contributed by atoms with Gasteiger partial charge in [-0.15, -0.1) is 0 Å². The second kappa shape index (κ2) is 7.65. The molecule has 8 heteroatoms. The zero-order chi connectivity index (χ0) is 23.3. The van der Waals surface area contributed by atoms with E-state index in [0.29, 0.717) is 23.5 Å². The van der Waals surface area contributed by atoms with Gasteiger partial charge in [-0.05, 0) is 37.6 Å². The highest BCUT2D eigenvalue weighted by atomic mass is 16.5. The molecule has 1 saturated heterocycles. The molecule has 2 amide bonds. The van der Waals surface area contributed by atoms with Crippen molar-refractivity contribution in [3.63, 3.8) is 0 Å². The lowest BCUT2D eigenvalue weighted by molar-refractivity contribution is -0.163. The maximum absolute atomic E-state index is 13.5. The summed E-state index contributed by atoms with van der Waals surface area (Å²) in [5.74, 6) is 0.748. The standard InChI is InChI=1S/C25H26N4O4/c1-25(2)23-17(16-9-5-6-10-18(16)27-23)12-19-24(31)28(14-21(30)29(19)25)26-13-15-8-7-11-20(32-3)22(15)33-4/h5-11,13,19,27H,12,14H2,1-4H3. The fraction of sp³-hybridized carbons (Fsp3) is 0.320. The summed E-state index contributed by atoms with van der Waals surface area (Å²) < 4.78 is 10.8. The Morgan fingerprint density at radius 3 is 2.64 bits per heavy atom. The fourth-order valence-electron chi connectivity index (χ4n) is 5.11. The first-order valence-electron chi connectivity index (χ1n) is 10.9. The third-order valence-electron chi connectivity index (χ3n) is 6.60. The molecule has 3 heterocycles. The van der Waals surface area contributed by atoms with Crippen LogP contribution in [-0.4, -0.2) is 59.7 Å². The molecule has 1 N–H and O–H groups in total. The Balaban J connectivity index is 1.50. The summed E-state index contributed by atoms with van der Waals surface area (Å²) >= 11 is 0. The lowest BCUT2D eigenvalue weighted by Crippen LogP contribution is -2.66. The van der Waals surface area contributed by atoms with E-state index in [2.05, 4.69) is 16.2 Å². The number of para-hydroxylation sites is 2. The van der Waals surface area contributed by atoms with Crippen LogP contribution in [0.1, 0.15) is 30.7 Å². The van der Waals surface area contributed by atoms with Crippen LogP contribution in [0.5, 0.6) is 11.5 Å². The summed E-state index contributed by atoms with van der Waals surface area (Å²) in [6.07, 6.45) is 1.98. The quantitative estimate of drug-likeness (QED) is 0.624. The van der Waals surface area contributed by atoms with E-state index in [1.807, 2.05) is 44.2 Å². The molecule has 0 aliphatic carbocycles. The minimum absolute atomic E-state index is 0.114. The minimum Gasteiger partial charge on any atom is -0.493 e. The molecular weight excluding hydrogens is 420 g/mol. The van der Waals surface area contributed by atoms with E-state index >= 15 is 0 Å². The molecule has 1 fully saturated rings. The van der Waals surface area contributed by atoms with Crippen molar-refractivity contribution in [3.05, 3.63) is 59.3 Å². The maximum Gasteiger partial charge on any atom is 0.266 e. The van der Waals surface area contributed by atoms with Crippen LogP contribution in [-0.2, 0) is 21.5 Å². The lowest BCUT2D eigenvalue weighted by Gasteiger charge is -2.50. The Labute approximate surface area is 191 Å². The number of fused-ring (bicyclic) bond motifs is 4. The predicted molar refractivity (Wildman–Crippen MR) is 125 cm³/mol. The molecule has 0 bridgehead atoms.